The number of hydrogen-bond donors (Lipinski definition) is 2. The van der Waals surface area contributed by atoms with E-state index >= 15 is 0 Å². The maximum atomic E-state index is 11.4. The van der Waals surface area contributed by atoms with Gasteiger partial charge in [-0.25, -0.2) is 0 Å². The van der Waals surface area contributed by atoms with Crippen LogP contribution in [0.15, 0.2) is 60.7 Å². The SMILES string of the molecule is CC(N[C@H]1CCN(c2ccc3c(c2)C(CC(=O)O)CC3(C)C)C1)c1cccc2ccccc12. The van der Waals surface area contributed by atoms with Gasteiger partial charge in [-0.1, -0.05) is 62.4 Å². The number of anilines is 1. The van der Waals surface area contributed by atoms with Crippen LogP contribution in [0.2, 0.25) is 0 Å². The molecule has 0 amide bonds. The van der Waals surface area contributed by atoms with Gasteiger partial charge in [-0.05, 0) is 70.7 Å². The highest BCUT2D eigenvalue weighted by atomic mass is 16.4. The molecule has 1 heterocycles. The molecule has 1 saturated heterocycles. The molecule has 172 valence electrons. The monoisotopic (exact) mass is 442 g/mol. The molecule has 0 radical (unpaired) electrons. The summed E-state index contributed by atoms with van der Waals surface area (Å²) in [5.41, 5.74) is 5.17. The second kappa shape index (κ2) is 8.49. The van der Waals surface area contributed by atoms with E-state index in [-0.39, 0.29) is 23.8 Å². The number of hydrogen-bond acceptors (Lipinski definition) is 3. The van der Waals surface area contributed by atoms with Crippen LogP contribution in [0, 0.1) is 0 Å². The normalized spacial score (nSPS) is 22.5. The Labute approximate surface area is 196 Å². The summed E-state index contributed by atoms with van der Waals surface area (Å²) in [6.07, 6.45) is 2.23. The minimum Gasteiger partial charge on any atom is -0.481 e. The number of carboxylic acids is 1. The van der Waals surface area contributed by atoms with Gasteiger partial charge in [-0.15, -0.1) is 0 Å². The quantitative estimate of drug-likeness (QED) is 0.491. The summed E-state index contributed by atoms with van der Waals surface area (Å²) in [5.74, 6) is -0.600. The van der Waals surface area contributed by atoms with Crippen molar-refractivity contribution >= 4 is 22.4 Å². The Morgan fingerprint density at radius 3 is 2.76 bits per heavy atom. The van der Waals surface area contributed by atoms with E-state index in [2.05, 4.69) is 91.7 Å². The molecule has 1 aliphatic carbocycles. The van der Waals surface area contributed by atoms with Crippen LogP contribution in [0.3, 0.4) is 0 Å². The molecule has 33 heavy (non-hydrogen) atoms. The van der Waals surface area contributed by atoms with E-state index in [4.69, 9.17) is 0 Å². The Hall–Kier alpha value is -2.85. The lowest BCUT2D eigenvalue weighted by Gasteiger charge is -2.24. The number of nitrogens with zero attached hydrogens (tertiary/aromatic N) is 1. The molecular weight excluding hydrogens is 408 g/mol. The Morgan fingerprint density at radius 2 is 1.94 bits per heavy atom. The van der Waals surface area contributed by atoms with Crippen LogP contribution in [0.1, 0.15) is 68.7 Å². The van der Waals surface area contributed by atoms with Gasteiger partial charge in [0.05, 0.1) is 6.42 Å². The standard InChI is InChI=1S/C29H34N2O2/c1-19(24-10-6-8-20-7-4-5-9-25(20)24)30-22-13-14-31(18-22)23-11-12-27-26(16-23)21(15-28(32)33)17-29(27,2)3/h4-12,16,19,21-22,30H,13-15,17-18H2,1-3H3,(H,32,33)/t19?,21?,22-/m0/s1. The van der Waals surface area contributed by atoms with Crippen molar-refractivity contribution < 1.29 is 9.90 Å². The molecule has 4 heteroatoms. The topological polar surface area (TPSA) is 52.6 Å². The van der Waals surface area contributed by atoms with Gasteiger partial charge in [0.25, 0.3) is 0 Å². The highest BCUT2D eigenvalue weighted by Crippen LogP contribution is 2.48. The Kier molecular flexibility index (Phi) is 5.65. The molecule has 0 aromatic heterocycles. The number of carbonyl (C=O) groups is 1. The van der Waals surface area contributed by atoms with Gasteiger partial charge in [0.1, 0.15) is 0 Å². The third-order valence-corrected chi connectivity index (χ3v) is 7.71. The van der Waals surface area contributed by atoms with Crippen molar-refractivity contribution in [3.8, 4) is 0 Å². The van der Waals surface area contributed by atoms with E-state index in [0.29, 0.717) is 6.04 Å². The zero-order valence-electron chi connectivity index (χ0n) is 19.8. The van der Waals surface area contributed by atoms with Crippen LogP contribution in [-0.4, -0.2) is 30.2 Å². The van der Waals surface area contributed by atoms with Crippen molar-refractivity contribution in [2.75, 3.05) is 18.0 Å². The van der Waals surface area contributed by atoms with E-state index in [9.17, 15) is 9.90 Å². The fourth-order valence-corrected chi connectivity index (χ4v) is 6.13. The molecule has 0 spiro atoms. The highest BCUT2D eigenvalue weighted by molar-refractivity contribution is 5.86. The summed E-state index contributed by atoms with van der Waals surface area (Å²) < 4.78 is 0. The van der Waals surface area contributed by atoms with Gasteiger partial charge in [0, 0.05) is 30.9 Å². The van der Waals surface area contributed by atoms with E-state index in [1.165, 1.54) is 33.2 Å². The summed E-state index contributed by atoms with van der Waals surface area (Å²) in [6.45, 7) is 8.72. The van der Waals surface area contributed by atoms with Crippen LogP contribution in [0.5, 0.6) is 0 Å². The Balaban J connectivity index is 1.31. The highest BCUT2D eigenvalue weighted by Gasteiger charge is 2.38. The first kappa shape index (κ1) is 22.0. The van der Waals surface area contributed by atoms with E-state index in [1.54, 1.807) is 0 Å². The van der Waals surface area contributed by atoms with Gasteiger partial charge >= 0.3 is 5.97 Å². The number of carboxylic acid groups (broad SMARTS) is 1. The van der Waals surface area contributed by atoms with Gasteiger partial charge in [-0.3, -0.25) is 4.79 Å². The fraction of sp³-hybridized carbons (Fsp3) is 0.414. The van der Waals surface area contributed by atoms with E-state index in [0.717, 1.165) is 25.9 Å². The van der Waals surface area contributed by atoms with Gasteiger partial charge in [0.2, 0.25) is 0 Å². The zero-order valence-corrected chi connectivity index (χ0v) is 19.8. The van der Waals surface area contributed by atoms with Crippen LogP contribution in [-0.2, 0) is 10.2 Å². The van der Waals surface area contributed by atoms with Gasteiger partial charge < -0.3 is 15.3 Å². The smallest absolute Gasteiger partial charge is 0.303 e. The lowest BCUT2D eigenvalue weighted by atomic mass is 9.86. The third kappa shape index (κ3) is 4.24. The fourth-order valence-electron chi connectivity index (χ4n) is 6.13. The van der Waals surface area contributed by atoms with Crippen LogP contribution >= 0.6 is 0 Å². The van der Waals surface area contributed by atoms with Gasteiger partial charge in [0.15, 0.2) is 0 Å². The van der Waals surface area contributed by atoms with Crippen LogP contribution in [0.4, 0.5) is 5.69 Å². The molecule has 4 nitrogen and oxygen atoms in total. The van der Waals surface area contributed by atoms with Crippen molar-refractivity contribution in [1.29, 1.82) is 0 Å². The van der Waals surface area contributed by atoms with Crippen molar-refractivity contribution in [1.82, 2.24) is 5.32 Å². The molecule has 3 atom stereocenters. The van der Waals surface area contributed by atoms with Crippen molar-refractivity contribution in [2.45, 2.75) is 63.5 Å². The first-order valence-electron chi connectivity index (χ1n) is 12.2. The number of aliphatic carboxylic acids is 1. The average Bonchev–Trinajstić information content (AvgIpc) is 3.34. The summed E-state index contributed by atoms with van der Waals surface area (Å²) in [4.78, 5) is 13.9. The average molecular weight is 443 g/mol. The predicted molar refractivity (Wildman–Crippen MR) is 135 cm³/mol. The first-order chi connectivity index (χ1) is 15.8. The van der Waals surface area contributed by atoms with Crippen LogP contribution < -0.4 is 10.2 Å². The molecule has 2 aliphatic rings. The Morgan fingerprint density at radius 1 is 1.15 bits per heavy atom. The minimum atomic E-state index is -0.707. The molecule has 2 N–H and O–H groups in total. The number of nitrogens with one attached hydrogen (secondary N) is 1. The molecular formula is C29H34N2O2. The Bertz CT molecular complexity index is 1180. The summed E-state index contributed by atoms with van der Waals surface area (Å²) in [5, 5.41) is 15.9. The molecule has 3 aromatic carbocycles. The molecule has 3 aromatic rings. The second-order valence-corrected chi connectivity index (χ2v) is 10.5. The number of rotatable bonds is 6. The largest absolute Gasteiger partial charge is 0.481 e. The van der Waals surface area contributed by atoms with Gasteiger partial charge in [-0.2, -0.15) is 0 Å². The third-order valence-electron chi connectivity index (χ3n) is 7.71. The molecule has 0 saturated carbocycles. The summed E-state index contributed by atoms with van der Waals surface area (Å²) in [6, 6.07) is 22.6. The summed E-state index contributed by atoms with van der Waals surface area (Å²) >= 11 is 0. The lowest BCUT2D eigenvalue weighted by Crippen LogP contribution is -2.34. The number of benzene rings is 3. The van der Waals surface area contributed by atoms with E-state index in [1.807, 2.05) is 0 Å². The molecule has 5 rings (SSSR count). The van der Waals surface area contributed by atoms with Crippen molar-refractivity contribution in [3.05, 3.63) is 77.4 Å². The van der Waals surface area contributed by atoms with E-state index < -0.39 is 5.97 Å². The molecule has 1 fully saturated rings. The second-order valence-electron chi connectivity index (χ2n) is 10.5. The lowest BCUT2D eigenvalue weighted by molar-refractivity contribution is -0.137. The number of fused-ring (bicyclic) bond motifs is 2. The molecule has 1 aliphatic heterocycles. The van der Waals surface area contributed by atoms with Crippen molar-refractivity contribution in [2.24, 2.45) is 0 Å². The summed E-state index contributed by atoms with van der Waals surface area (Å²) in [7, 11) is 0. The molecule has 0 bridgehead atoms. The predicted octanol–water partition coefficient (Wildman–Crippen LogP) is 6.01. The maximum Gasteiger partial charge on any atom is 0.303 e. The van der Waals surface area contributed by atoms with Crippen molar-refractivity contribution in [3.63, 3.8) is 0 Å². The first-order valence-corrected chi connectivity index (χ1v) is 12.2. The molecule has 2 unspecified atom stereocenters. The van der Waals surface area contributed by atoms with Crippen LogP contribution in [0.25, 0.3) is 10.8 Å². The zero-order chi connectivity index (χ0) is 23.2. The maximum absolute atomic E-state index is 11.4. The minimum absolute atomic E-state index is 0.0387.